The summed E-state index contributed by atoms with van der Waals surface area (Å²) >= 11 is 0. The van der Waals surface area contributed by atoms with Crippen molar-refractivity contribution in [2.75, 3.05) is 20.0 Å². The van der Waals surface area contributed by atoms with E-state index in [2.05, 4.69) is 10.1 Å². The Hall–Kier alpha value is -3.22. The standard InChI is InChI=1S/C17H17N3O4/c1-21-14-7-6-11(8-15(14)22-2)17-19-16(24-20-17)10-23-13-5-3-4-12(18)9-13/h3-9H,10,18H2,1-2H3. The third kappa shape index (κ3) is 3.40. The lowest BCUT2D eigenvalue weighted by Crippen LogP contribution is -1.96. The molecule has 2 N–H and O–H groups in total. The Morgan fingerprint density at radius 2 is 1.88 bits per heavy atom. The molecule has 0 saturated carbocycles. The highest BCUT2D eigenvalue weighted by Crippen LogP contribution is 2.31. The number of aromatic nitrogens is 2. The number of benzene rings is 2. The summed E-state index contributed by atoms with van der Waals surface area (Å²) in [4.78, 5) is 4.32. The maximum atomic E-state index is 5.71. The predicted octanol–water partition coefficient (Wildman–Crippen LogP) is 2.92. The summed E-state index contributed by atoms with van der Waals surface area (Å²) in [5, 5.41) is 3.96. The van der Waals surface area contributed by atoms with Crippen LogP contribution in [0.5, 0.6) is 17.2 Å². The highest BCUT2D eigenvalue weighted by molar-refractivity contribution is 5.60. The van der Waals surface area contributed by atoms with Crippen molar-refractivity contribution in [1.82, 2.24) is 10.1 Å². The molecule has 0 fully saturated rings. The van der Waals surface area contributed by atoms with Gasteiger partial charge in [-0.1, -0.05) is 11.2 Å². The van der Waals surface area contributed by atoms with E-state index in [1.165, 1.54) is 0 Å². The van der Waals surface area contributed by atoms with Crippen molar-refractivity contribution in [3.8, 4) is 28.6 Å². The van der Waals surface area contributed by atoms with E-state index in [-0.39, 0.29) is 6.61 Å². The molecule has 0 spiro atoms. The van der Waals surface area contributed by atoms with Crippen molar-refractivity contribution < 1.29 is 18.7 Å². The number of methoxy groups -OCH3 is 2. The molecule has 3 aromatic rings. The first-order valence-corrected chi connectivity index (χ1v) is 7.23. The zero-order valence-corrected chi connectivity index (χ0v) is 13.4. The third-order valence-corrected chi connectivity index (χ3v) is 3.33. The van der Waals surface area contributed by atoms with E-state index in [0.29, 0.717) is 34.7 Å². The minimum atomic E-state index is 0.156. The largest absolute Gasteiger partial charge is 0.493 e. The lowest BCUT2D eigenvalue weighted by Gasteiger charge is -2.07. The third-order valence-electron chi connectivity index (χ3n) is 3.33. The number of anilines is 1. The van der Waals surface area contributed by atoms with Crippen LogP contribution in [-0.4, -0.2) is 24.4 Å². The van der Waals surface area contributed by atoms with Gasteiger partial charge >= 0.3 is 0 Å². The topological polar surface area (TPSA) is 92.6 Å². The fourth-order valence-corrected chi connectivity index (χ4v) is 2.16. The van der Waals surface area contributed by atoms with E-state index in [4.69, 9.17) is 24.5 Å². The molecule has 7 nitrogen and oxygen atoms in total. The molecular formula is C17H17N3O4. The molecule has 0 saturated heterocycles. The van der Waals surface area contributed by atoms with Crippen molar-refractivity contribution in [2.45, 2.75) is 6.61 Å². The van der Waals surface area contributed by atoms with Crippen LogP contribution in [0.1, 0.15) is 5.89 Å². The molecule has 7 heteroatoms. The summed E-state index contributed by atoms with van der Waals surface area (Å²) in [6.45, 7) is 0.156. The predicted molar refractivity (Wildman–Crippen MR) is 88.0 cm³/mol. The monoisotopic (exact) mass is 327 g/mol. The molecule has 24 heavy (non-hydrogen) atoms. The van der Waals surface area contributed by atoms with E-state index >= 15 is 0 Å². The molecule has 0 unspecified atom stereocenters. The van der Waals surface area contributed by atoms with Crippen LogP contribution in [0, 0.1) is 0 Å². The number of rotatable bonds is 6. The first-order chi connectivity index (χ1) is 11.7. The zero-order valence-electron chi connectivity index (χ0n) is 13.4. The van der Waals surface area contributed by atoms with Crippen LogP contribution in [0.15, 0.2) is 47.0 Å². The van der Waals surface area contributed by atoms with Crippen LogP contribution in [0.4, 0.5) is 5.69 Å². The molecule has 0 bridgehead atoms. The van der Waals surface area contributed by atoms with Gasteiger partial charge in [0.1, 0.15) is 5.75 Å². The maximum Gasteiger partial charge on any atom is 0.264 e. The lowest BCUT2D eigenvalue weighted by atomic mass is 10.2. The normalized spacial score (nSPS) is 10.4. The highest BCUT2D eigenvalue weighted by Gasteiger charge is 2.12. The summed E-state index contributed by atoms with van der Waals surface area (Å²) in [5.74, 6) is 2.68. The van der Waals surface area contributed by atoms with Gasteiger partial charge in [-0.25, -0.2) is 0 Å². The number of nitrogens with two attached hydrogens (primary N) is 1. The van der Waals surface area contributed by atoms with E-state index in [0.717, 1.165) is 5.56 Å². The Balaban J connectivity index is 1.73. The number of nitrogen functional groups attached to an aromatic ring is 1. The van der Waals surface area contributed by atoms with E-state index in [9.17, 15) is 0 Å². The Bertz CT molecular complexity index is 832. The van der Waals surface area contributed by atoms with Crippen LogP contribution in [-0.2, 0) is 6.61 Å². The van der Waals surface area contributed by atoms with Gasteiger partial charge in [-0.2, -0.15) is 4.98 Å². The first kappa shape index (κ1) is 15.7. The van der Waals surface area contributed by atoms with E-state index < -0.39 is 0 Å². The Kier molecular flexibility index (Phi) is 4.51. The second-order valence-electron chi connectivity index (χ2n) is 4.94. The zero-order chi connectivity index (χ0) is 16.9. The molecule has 1 aromatic heterocycles. The average molecular weight is 327 g/mol. The summed E-state index contributed by atoms with van der Waals surface area (Å²) in [6.07, 6.45) is 0. The molecule has 0 aliphatic heterocycles. The average Bonchev–Trinajstić information content (AvgIpc) is 3.08. The molecule has 0 aliphatic carbocycles. The molecule has 0 aliphatic rings. The van der Waals surface area contributed by atoms with Gasteiger partial charge in [0, 0.05) is 17.3 Å². The van der Waals surface area contributed by atoms with Crippen LogP contribution < -0.4 is 19.9 Å². The van der Waals surface area contributed by atoms with Crippen molar-refractivity contribution in [3.05, 3.63) is 48.4 Å². The number of nitrogens with zero attached hydrogens (tertiary/aromatic N) is 2. The number of hydrogen-bond acceptors (Lipinski definition) is 7. The molecule has 2 aromatic carbocycles. The molecule has 1 heterocycles. The van der Waals surface area contributed by atoms with Gasteiger partial charge < -0.3 is 24.5 Å². The molecular weight excluding hydrogens is 310 g/mol. The maximum absolute atomic E-state index is 5.71. The van der Waals surface area contributed by atoms with Crippen molar-refractivity contribution in [1.29, 1.82) is 0 Å². The fourth-order valence-electron chi connectivity index (χ4n) is 2.16. The molecule has 0 amide bonds. The molecule has 0 atom stereocenters. The Labute approximate surface area is 139 Å². The van der Waals surface area contributed by atoms with E-state index in [1.807, 2.05) is 18.2 Å². The van der Waals surface area contributed by atoms with Crippen LogP contribution in [0.25, 0.3) is 11.4 Å². The van der Waals surface area contributed by atoms with Crippen molar-refractivity contribution >= 4 is 5.69 Å². The Morgan fingerprint density at radius 3 is 2.62 bits per heavy atom. The van der Waals surface area contributed by atoms with E-state index in [1.54, 1.807) is 38.5 Å². The quantitative estimate of drug-likeness (QED) is 0.696. The summed E-state index contributed by atoms with van der Waals surface area (Å²) in [5.41, 5.74) is 7.09. The summed E-state index contributed by atoms with van der Waals surface area (Å²) < 4.78 is 21.3. The van der Waals surface area contributed by atoms with Gasteiger partial charge in [-0.3, -0.25) is 0 Å². The van der Waals surface area contributed by atoms with Gasteiger partial charge in [-0.05, 0) is 30.3 Å². The summed E-state index contributed by atoms with van der Waals surface area (Å²) in [7, 11) is 3.15. The minimum Gasteiger partial charge on any atom is -0.493 e. The fraction of sp³-hybridized carbons (Fsp3) is 0.176. The lowest BCUT2D eigenvalue weighted by molar-refractivity contribution is 0.243. The van der Waals surface area contributed by atoms with Gasteiger partial charge in [0.15, 0.2) is 18.1 Å². The Morgan fingerprint density at radius 1 is 1.04 bits per heavy atom. The first-order valence-electron chi connectivity index (χ1n) is 7.23. The second-order valence-corrected chi connectivity index (χ2v) is 4.94. The van der Waals surface area contributed by atoms with Crippen molar-refractivity contribution in [3.63, 3.8) is 0 Å². The van der Waals surface area contributed by atoms with Crippen LogP contribution in [0.2, 0.25) is 0 Å². The SMILES string of the molecule is COc1ccc(-c2noc(COc3cccc(N)c3)n2)cc1OC. The minimum absolute atomic E-state index is 0.156. The number of hydrogen-bond donors (Lipinski definition) is 1. The summed E-state index contributed by atoms with van der Waals surface area (Å²) in [6, 6.07) is 12.5. The molecule has 0 radical (unpaired) electrons. The molecule has 124 valence electrons. The van der Waals surface area contributed by atoms with Crippen LogP contribution >= 0.6 is 0 Å². The van der Waals surface area contributed by atoms with Gasteiger partial charge in [-0.15, -0.1) is 0 Å². The van der Waals surface area contributed by atoms with Crippen molar-refractivity contribution in [2.24, 2.45) is 0 Å². The smallest absolute Gasteiger partial charge is 0.264 e. The van der Waals surface area contributed by atoms with Gasteiger partial charge in [0.2, 0.25) is 5.82 Å². The molecule has 3 rings (SSSR count). The second kappa shape index (κ2) is 6.91. The van der Waals surface area contributed by atoms with Gasteiger partial charge in [0.05, 0.1) is 14.2 Å². The number of ether oxygens (including phenoxy) is 3. The van der Waals surface area contributed by atoms with Crippen LogP contribution in [0.3, 0.4) is 0 Å². The van der Waals surface area contributed by atoms with Gasteiger partial charge in [0.25, 0.3) is 5.89 Å². The highest BCUT2D eigenvalue weighted by atomic mass is 16.5.